The number of nitrogens with one attached hydrogen (secondary N) is 1. The van der Waals surface area contributed by atoms with E-state index < -0.39 is 10.0 Å². The predicted octanol–water partition coefficient (Wildman–Crippen LogP) is 3.18. The zero-order valence-electron chi connectivity index (χ0n) is 13.0. The van der Waals surface area contributed by atoms with Crippen LogP contribution in [0.5, 0.6) is 0 Å². The number of sulfonamides is 1. The summed E-state index contributed by atoms with van der Waals surface area (Å²) in [5.74, 6) is -0.105. The minimum atomic E-state index is -3.68. The van der Waals surface area contributed by atoms with Gasteiger partial charge >= 0.3 is 0 Å². The summed E-state index contributed by atoms with van der Waals surface area (Å²) in [6, 6.07) is 14.3. The zero-order valence-corrected chi connectivity index (χ0v) is 13.8. The second-order valence-electron chi connectivity index (χ2n) is 5.45. The fourth-order valence-electron chi connectivity index (χ4n) is 2.24. The molecule has 0 aliphatic rings. The van der Waals surface area contributed by atoms with Crippen LogP contribution in [0.25, 0.3) is 0 Å². The molecule has 0 aliphatic carbocycles. The zero-order chi connectivity index (χ0) is 17.2. The van der Waals surface area contributed by atoms with E-state index in [-0.39, 0.29) is 16.5 Å². The lowest BCUT2D eigenvalue weighted by molar-refractivity contribution is 0.600. The van der Waals surface area contributed by atoms with E-state index in [2.05, 4.69) is 9.82 Å². The lowest BCUT2D eigenvalue weighted by atomic mass is 10.2. The maximum Gasteiger partial charge on any atom is 0.263 e. The summed E-state index contributed by atoms with van der Waals surface area (Å²) in [5, 5.41) is 4.17. The van der Waals surface area contributed by atoms with Gasteiger partial charge in [0.25, 0.3) is 10.0 Å². The van der Waals surface area contributed by atoms with Gasteiger partial charge in [0.05, 0.1) is 11.4 Å². The summed E-state index contributed by atoms with van der Waals surface area (Å²) in [5.41, 5.74) is 1.72. The summed E-state index contributed by atoms with van der Waals surface area (Å²) >= 11 is 0. The number of aromatic nitrogens is 2. The van der Waals surface area contributed by atoms with Gasteiger partial charge in [-0.05, 0) is 36.8 Å². The van der Waals surface area contributed by atoms with Crippen molar-refractivity contribution in [3.8, 4) is 0 Å². The van der Waals surface area contributed by atoms with Crippen molar-refractivity contribution in [3.63, 3.8) is 0 Å². The molecule has 1 aromatic heterocycles. The van der Waals surface area contributed by atoms with Gasteiger partial charge in [0.2, 0.25) is 0 Å². The summed E-state index contributed by atoms with van der Waals surface area (Å²) in [4.78, 5) is 0.174. The van der Waals surface area contributed by atoms with Crippen LogP contribution in [0.3, 0.4) is 0 Å². The fraction of sp³-hybridized carbons (Fsp3) is 0.118. The van der Waals surface area contributed by atoms with Crippen LogP contribution in [-0.4, -0.2) is 18.2 Å². The Morgan fingerprint density at radius 3 is 2.58 bits per heavy atom. The van der Waals surface area contributed by atoms with E-state index in [0.29, 0.717) is 6.54 Å². The number of hydrogen-bond donors (Lipinski definition) is 1. The minimum Gasteiger partial charge on any atom is -0.266 e. The Morgan fingerprint density at radius 1 is 1.12 bits per heavy atom. The van der Waals surface area contributed by atoms with Crippen LogP contribution in [0, 0.1) is 12.7 Å². The van der Waals surface area contributed by atoms with Gasteiger partial charge in [-0.2, -0.15) is 5.10 Å². The van der Waals surface area contributed by atoms with Crippen molar-refractivity contribution in [1.29, 1.82) is 0 Å². The van der Waals surface area contributed by atoms with Crippen molar-refractivity contribution in [2.75, 3.05) is 4.72 Å². The Kier molecular flexibility index (Phi) is 4.35. The van der Waals surface area contributed by atoms with Crippen LogP contribution in [0.1, 0.15) is 11.1 Å². The largest absolute Gasteiger partial charge is 0.266 e. The molecule has 0 saturated heterocycles. The minimum absolute atomic E-state index is 0.174. The molecule has 0 bridgehead atoms. The first kappa shape index (κ1) is 16.2. The number of hydrogen-bond acceptors (Lipinski definition) is 3. The number of rotatable bonds is 5. The van der Waals surface area contributed by atoms with Crippen molar-refractivity contribution < 1.29 is 12.8 Å². The summed E-state index contributed by atoms with van der Waals surface area (Å²) in [7, 11) is -3.68. The monoisotopic (exact) mass is 345 g/mol. The highest BCUT2D eigenvalue weighted by Crippen LogP contribution is 2.15. The van der Waals surface area contributed by atoms with Gasteiger partial charge in [0.15, 0.2) is 5.82 Å². The third-order valence-electron chi connectivity index (χ3n) is 3.44. The molecule has 0 unspecified atom stereocenters. The Balaban J connectivity index is 1.75. The molecule has 5 nitrogen and oxygen atoms in total. The van der Waals surface area contributed by atoms with E-state index in [1.54, 1.807) is 53.3 Å². The van der Waals surface area contributed by atoms with Crippen LogP contribution in [-0.2, 0) is 16.6 Å². The topological polar surface area (TPSA) is 64.0 Å². The predicted molar refractivity (Wildman–Crippen MR) is 89.7 cm³/mol. The van der Waals surface area contributed by atoms with Crippen LogP contribution in [0.4, 0.5) is 10.2 Å². The van der Waals surface area contributed by atoms with E-state index in [4.69, 9.17) is 0 Å². The Hall–Kier alpha value is -2.67. The highest BCUT2D eigenvalue weighted by molar-refractivity contribution is 7.92. The van der Waals surface area contributed by atoms with Gasteiger partial charge in [0.1, 0.15) is 5.82 Å². The van der Waals surface area contributed by atoms with E-state index in [0.717, 1.165) is 11.1 Å². The summed E-state index contributed by atoms with van der Waals surface area (Å²) in [6.45, 7) is 2.24. The Bertz CT molecular complexity index is 950. The molecule has 3 rings (SSSR count). The molecule has 0 radical (unpaired) electrons. The normalized spacial score (nSPS) is 11.4. The van der Waals surface area contributed by atoms with Gasteiger partial charge < -0.3 is 0 Å². The van der Waals surface area contributed by atoms with E-state index in [1.807, 2.05) is 6.92 Å². The molecule has 0 aliphatic heterocycles. The molecule has 0 fully saturated rings. The van der Waals surface area contributed by atoms with E-state index in [9.17, 15) is 12.8 Å². The average Bonchev–Trinajstić information content (AvgIpc) is 2.94. The van der Waals surface area contributed by atoms with Crippen molar-refractivity contribution >= 4 is 15.8 Å². The first-order valence-electron chi connectivity index (χ1n) is 7.30. The molecule has 1 N–H and O–H groups in total. The molecular formula is C17H16FN3O2S. The SMILES string of the molecule is Cc1ccc(S(=O)(=O)Nc2ccn(Cc3cccc(F)c3)n2)cc1. The Morgan fingerprint density at radius 2 is 1.88 bits per heavy atom. The molecule has 2 aromatic carbocycles. The third kappa shape index (κ3) is 3.80. The number of nitrogens with zero attached hydrogens (tertiary/aromatic N) is 2. The van der Waals surface area contributed by atoms with Gasteiger partial charge in [-0.1, -0.05) is 29.8 Å². The molecule has 0 saturated carbocycles. The van der Waals surface area contributed by atoms with Gasteiger partial charge in [-0.25, -0.2) is 12.8 Å². The second kappa shape index (κ2) is 6.45. The van der Waals surface area contributed by atoms with Gasteiger partial charge in [0, 0.05) is 12.3 Å². The van der Waals surface area contributed by atoms with Crippen LogP contribution < -0.4 is 4.72 Å². The molecule has 0 amide bonds. The number of halogens is 1. The van der Waals surface area contributed by atoms with Gasteiger partial charge in [-0.3, -0.25) is 9.40 Å². The van der Waals surface area contributed by atoms with Crippen molar-refractivity contribution in [1.82, 2.24) is 9.78 Å². The van der Waals surface area contributed by atoms with Gasteiger partial charge in [-0.15, -0.1) is 0 Å². The first-order chi connectivity index (χ1) is 11.4. The second-order valence-corrected chi connectivity index (χ2v) is 7.13. The first-order valence-corrected chi connectivity index (χ1v) is 8.78. The van der Waals surface area contributed by atoms with Crippen LogP contribution in [0.2, 0.25) is 0 Å². The molecule has 124 valence electrons. The molecule has 7 heteroatoms. The fourth-order valence-corrected chi connectivity index (χ4v) is 3.24. The number of benzene rings is 2. The maximum atomic E-state index is 13.2. The van der Waals surface area contributed by atoms with Crippen molar-refractivity contribution in [2.45, 2.75) is 18.4 Å². The highest BCUT2D eigenvalue weighted by atomic mass is 32.2. The highest BCUT2D eigenvalue weighted by Gasteiger charge is 2.15. The lowest BCUT2D eigenvalue weighted by Gasteiger charge is -2.06. The molecular weight excluding hydrogens is 329 g/mol. The smallest absolute Gasteiger partial charge is 0.263 e. The van der Waals surface area contributed by atoms with E-state index in [1.165, 1.54) is 12.1 Å². The summed E-state index contributed by atoms with van der Waals surface area (Å²) in [6.07, 6.45) is 1.64. The molecule has 0 spiro atoms. The summed E-state index contributed by atoms with van der Waals surface area (Å²) < 4.78 is 41.8. The van der Waals surface area contributed by atoms with E-state index >= 15 is 0 Å². The molecule has 0 atom stereocenters. The van der Waals surface area contributed by atoms with Crippen LogP contribution in [0.15, 0.2) is 65.7 Å². The quantitative estimate of drug-likeness (QED) is 0.772. The number of aryl methyl sites for hydroxylation is 1. The van der Waals surface area contributed by atoms with Crippen LogP contribution >= 0.6 is 0 Å². The molecule has 3 aromatic rings. The lowest BCUT2D eigenvalue weighted by Crippen LogP contribution is -2.13. The number of anilines is 1. The average molecular weight is 345 g/mol. The molecule has 24 heavy (non-hydrogen) atoms. The standard InChI is InChI=1S/C17H16FN3O2S/c1-13-5-7-16(8-6-13)24(22,23)20-17-9-10-21(19-17)12-14-3-2-4-15(18)11-14/h2-11H,12H2,1H3,(H,19,20). The Labute approximate surface area is 139 Å². The maximum absolute atomic E-state index is 13.2. The molecule has 1 heterocycles. The third-order valence-corrected chi connectivity index (χ3v) is 4.82. The van der Waals surface area contributed by atoms with Crippen molar-refractivity contribution in [2.24, 2.45) is 0 Å². The van der Waals surface area contributed by atoms with Crippen molar-refractivity contribution in [3.05, 3.63) is 77.7 Å².